The Hall–Kier alpha value is -4.60. The normalized spacial score (nSPS) is 10.9. The minimum Gasteiger partial charge on any atom is -0.493 e. The lowest BCUT2D eigenvalue weighted by molar-refractivity contribution is -0.384. The summed E-state index contributed by atoms with van der Waals surface area (Å²) < 4.78 is 15.6. The van der Waals surface area contributed by atoms with Crippen molar-refractivity contribution in [1.29, 1.82) is 0 Å². The summed E-state index contributed by atoms with van der Waals surface area (Å²) in [6.45, 7) is 0.107. The van der Waals surface area contributed by atoms with E-state index in [-0.39, 0.29) is 23.5 Å². The van der Waals surface area contributed by atoms with E-state index in [0.29, 0.717) is 22.8 Å². The standard InChI is InChI=1S/C23H21N3O7/c1-31-20-10-7-16(13-21(20)32-2)22(27)25-19(23(28)24-14-18-4-3-11-33-18)12-15-5-8-17(9-6-15)26(29)30/h3-13H,14H2,1-2H3,(H,24,28)(H,25,27)/b19-12+. The van der Waals surface area contributed by atoms with Crippen molar-refractivity contribution in [2.75, 3.05) is 14.2 Å². The maximum atomic E-state index is 12.9. The third-order valence-corrected chi connectivity index (χ3v) is 4.56. The van der Waals surface area contributed by atoms with Gasteiger partial charge in [0.15, 0.2) is 11.5 Å². The molecule has 0 spiro atoms. The van der Waals surface area contributed by atoms with E-state index in [1.807, 2.05) is 0 Å². The summed E-state index contributed by atoms with van der Waals surface area (Å²) in [5.74, 6) is 0.209. The highest BCUT2D eigenvalue weighted by Gasteiger charge is 2.17. The smallest absolute Gasteiger partial charge is 0.269 e. The van der Waals surface area contributed by atoms with Gasteiger partial charge in [-0.25, -0.2) is 0 Å². The van der Waals surface area contributed by atoms with Crippen LogP contribution in [0.15, 0.2) is 71.0 Å². The molecule has 10 heteroatoms. The topological polar surface area (TPSA) is 133 Å². The summed E-state index contributed by atoms with van der Waals surface area (Å²) in [4.78, 5) is 36.0. The molecule has 0 atom stereocenters. The molecule has 33 heavy (non-hydrogen) atoms. The highest BCUT2D eigenvalue weighted by molar-refractivity contribution is 6.05. The maximum Gasteiger partial charge on any atom is 0.269 e. The zero-order valence-corrected chi connectivity index (χ0v) is 17.9. The third kappa shape index (κ3) is 5.97. The number of benzene rings is 2. The van der Waals surface area contributed by atoms with Gasteiger partial charge in [-0.15, -0.1) is 0 Å². The Kier molecular flexibility index (Phi) is 7.43. The zero-order valence-electron chi connectivity index (χ0n) is 17.9. The van der Waals surface area contributed by atoms with Crippen LogP contribution in [0.4, 0.5) is 5.69 Å². The van der Waals surface area contributed by atoms with E-state index in [1.165, 1.54) is 63.0 Å². The number of rotatable bonds is 9. The number of amides is 2. The van der Waals surface area contributed by atoms with Crippen LogP contribution in [-0.4, -0.2) is 31.0 Å². The van der Waals surface area contributed by atoms with E-state index in [2.05, 4.69) is 10.6 Å². The summed E-state index contributed by atoms with van der Waals surface area (Å²) in [7, 11) is 2.92. The molecule has 0 saturated heterocycles. The lowest BCUT2D eigenvalue weighted by Crippen LogP contribution is -2.34. The summed E-state index contributed by atoms with van der Waals surface area (Å²) in [5.41, 5.74) is 0.568. The number of nitro groups is 1. The maximum absolute atomic E-state index is 12.9. The van der Waals surface area contributed by atoms with Crippen molar-refractivity contribution in [1.82, 2.24) is 10.6 Å². The first-order chi connectivity index (χ1) is 15.9. The molecule has 0 aliphatic rings. The van der Waals surface area contributed by atoms with Crippen LogP contribution in [0.2, 0.25) is 0 Å². The van der Waals surface area contributed by atoms with E-state index in [9.17, 15) is 19.7 Å². The summed E-state index contributed by atoms with van der Waals surface area (Å²) in [5, 5.41) is 16.1. The Balaban J connectivity index is 1.86. The first kappa shape index (κ1) is 23.1. The van der Waals surface area contributed by atoms with Gasteiger partial charge in [-0.05, 0) is 54.1 Å². The summed E-state index contributed by atoms with van der Waals surface area (Å²) in [6.07, 6.45) is 2.90. The molecule has 10 nitrogen and oxygen atoms in total. The van der Waals surface area contributed by atoms with Gasteiger partial charge in [0.25, 0.3) is 17.5 Å². The Labute approximate surface area is 189 Å². The number of hydrogen-bond donors (Lipinski definition) is 2. The molecule has 2 aromatic carbocycles. The lowest BCUT2D eigenvalue weighted by atomic mass is 10.1. The molecule has 0 fully saturated rings. The number of carbonyl (C=O) groups is 2. The Morgan fingerprint density at radius 1 is 1.06 bits per heavy atom. The molecule has 0 radical (unpaired) electrons. The largest absolute Gasteiger partial charge is 0.493 e. The van der Waals surface area contributed by atoms with E-state index < -0.39 is 16.7 Å². The van der Waals surface area contributed by atoms with Crippen LogP contribution in [0.25, 0.3) is 6.08 Å². The van der Waals surface area contributed by atoms with Gasteiger partial charge >= 0.3 is 0 Å². The molecule has 2 N–H and O–H groups in total. The number of methoxy groups -OCH3 is 2. The molecular weight excluding hydrogens is 430 g/mol. The third-order valence-electron chi connectivity index (χ3n) is 4.56. The molecular formula is C23H21N3O7. The number of furan rings is 1. The van der Waals surface area contributed by atoms with Crippen molar-refractivity contribution in [3.8, 4) is 11.5 Å². The number of ether oxygens (including phenoxy) is 2. The average molecular weight is 451 g/mol. The predicted molar refractivity (Wildman–Crippen MR) is 119 cm³/mol. The molecule has 3 rings (SSSR count). The van der Waals surface area contributed by atoms with Gasteiger partial charge < -0.3 is 24.5 Å². The number of nitro benzene ring substituents is 1. The lowest BCUT2D eigenvalue weighted by Gasteiger charge is -2.12. The fourth-order valence-corrected chi connectivity index (χ4v) is 2.87. The molecule has 0 aliphatic heterocycles. The van der Waals surface area contributed by atoms with Crippen molar-refractivity contribution in [3.05, 3.63) is 93.6 Å². The van der Waals surface area contributed by atoms with Crippen LogP contribution in [-0.2, 0) is 11.3 Å². The SMILES string of the molecule is COc1ccc(C(=O)N/C(=C/c2ccc([N+](=O)[O-])cc2)C(=O)NCc2ccco2)cc1OC. The van der Waals surface area contributed by atoms with Crippen LogP contribution in [0.3, 0.4) is 0 Å². The van der Waals surface area contributed by atoms with E-state index in [1.54, 1.807) is 18.2 Å². The van der Waals surface area contributed by atoms with E-state index in [0.717, 1.165) is 0 Å². The quantitative estimate of drug-likeness (QED) is 0.290. The minimum atomic E-state index is -0.571. The van der Waals surface area contributed by atoms with Crippen molar-refractivity contribution >= 4 is 23.6 Å². The fourth-order valence-electron chi connectivity index (χ4n) is 2.87. The van der Waals surface area contributed by atoms with Crippen LogP contribution < -0.4 is 20.1 Å². The second-order valence-corrected chi connectivity index (χ2v) is 6.69. The number of hydrogen-bond acceptors (Lipinski definition) is 7. The zero-order chi connectivity index (χ0) is 23.8. The van der Waals surface area contributed by atoms with Gasteiger partial charge in [-0.3, -0.25) is 19.7 Å². The van der Waals surface area contributed by atoms with Gasteiger partial charge in [-0.2, -0.15) is 0 Å². The first-order valence-electron chi connectivity index (χ1n) is 9.71. The van der Waals surface area contributed by atoms with Gasteiger partial charge in [0.1, 0.15) is 11.5 Å². The van der Waals surface area contributed by atoms with Crippen molar-refractivity contribution in [2.45, 2.75) is 6.54 Å². The summed E-state index contributed by atoms with van der Waals surface area (Å²) in [6, 6.07) is 13.5. The van der Waals surface area contributed by atoms with Gasteiger partial charge in [0, 0.05) is 17.7 Å². The van der Waals surface area contributed by atoms with Gasteiger partial charge in [0.05, 0.1) is 32.0 Å². The van der Waals surface area contributed by atoms with Crippen LogP contribution in [0.5, 0.6) is 11.5 Å². The molecule has 0 unspecified atom stereocenters. The highest BCUT2D eigenvalue weighted by Crippen LogP contribution is 2.27. The fraction of sp³-hybridized carbons (Fsp3) is 0.130. The van der Waals surface area contributed by atoms with Crippen LogP contribution in [0, 0.1) is 10.1 Å². The van der Waals surface area contributed by atoms with E-state index in [4.69, 9.17) is 13.9 Å². The van der Waals surface area contributed by atoms with Crippen LogP contribution in [0.1, 0.15) is 21.7 Å². The van der Waals surface area contributed by atoms with Crippen molar-refractivity contribution in [2.24, 2.45) is 0 Å². The molecule has 0 aliphatic carbocycles. The first-order valence-corrected chi connectivity index (χ1v) is 9.71. The minimum absolute atomic E-state index is 0.0600. The number of nitrogens with one attached hydrogen (secondary N) is 2. The molecule has 0 bridgehead atoms. The van der Waals surface area contributed by atoms with Gasteiger partial charge in [-0.1, -0.05) is 0 Å². The monoisotopic (exact) mass is 451 g/mol. The average Bonchev–Trinajstić information content (AvgIpc) is 3.35. The van der Waals surface area contributed by atoms with E-state index >= 15 is 0 Å². The molecule has 2 amide bonds. The summed E-state index contributed by atoms with van der Waals surface area (Å²) >= 11 is 0. The molecule has 170 valence electrons. The Bertz CT molecular complexity index is 1170. The molecule has 0 saturated carbocycles. The van der Waals surface area contributed by atoms with Crippen molar-refractivity contribution in [3.63, 3.8) is 0 Å². The van der Waals surface area contributed by atoms with Gasteiger partial charge in [0.2, 0.25) is 0 Å². The Morgan fingerprint density at radius 3 is 2.39 bits per heavy atom. The second kappa shape index (κ2) is 10.6. The molecule has 3 aromatic rings. The highest BCUT2D eigenvalue weighted by atomic mass is 16.6. The second-order valence-electron chi connectivity index (χ2n) is 6.69. The number of carbonyl (C=O) groups excluding carboxylic acids is 2. The number of non-ortho nitro benzene ring substituents is 1. The molecule has 1 aromatic heterocycles. The Morgan fingerprint density at radius 2 is 1.79 bits per heavy atom. The predicted octanol–water partition coefficient (Wildman–Crippen LogP) is 3.29. The molecule has 1 heterocycles. The number of nitrogens with zero attached hydrogens (tertiary/aromatic N) is 1. The van der Waals surface area contributed by atoms with Crippen LogP contribution >= 0.6 is 0 Å². The van der Waals surface area contributed by atoms with Crippen molar-refractivity contribution < 1.29 is 28.4 Å².